The fourth-order valence-electron chi connectivity index (χ4n) is 3.04. The van der Waals surface area contributed by atoms with Gasteiger partial charge < -0.3 is 9.64 Å². The third kappa shape index (κ3) is 6.41. The molecule has 0 atom stereocenters. The summed E-state index contributed by atoms with van der Waals surface area (Å²) in [6.07, 6.45) is 2.21. The SMILES string of the molecule is C=CCN(CCC(=O)OCC)C(=O)CC(c1ccccc1)c1ccccc1. The Morgan fingerprint density at radius 3 is 2.07 bits per heavy atom. The van der Waals surface area contributed by atoms with Crippen molar-refractivity contribution in [1.29, 1.82) is 0 Å². The molecular weight excluding hydrogens is 338 g/mol. The molecule has 0 aliphatic carbocycles. The molecule has 0 heterocycles. The van der Waals surface area contributed by atoms with Crippen molar-refractivity contribution in [2.75, 3.05) is 19.7 Å². The Morgan fingerprint density at radius 1 is 1.04 bits per heavy atom. The van der Waals surface area contributed by atoms with Crippen LogP contribution >= 0.6 is 0 Å². The lowest BCUT2D eigenvalue weighted by molar-refractivity contribution is -0.144. The van der Waals surface area contributed by atoms with E-state index in [1.165, 1.54) is 0 Å². The van der Waals surface area contributed by atoms with Gasteiger partial charge in [-0.3, -0.25) is 9.59 Å². The van der Waals surface area contributed by atoms with Gasteiger partial charge in [-0.05, 0) is 18.1 Å². The highest BCUT2D eigenvalue weighted by atomic mass is 16.5. The molecule has 0 spiro atoms. The average Bonchev–Trinajstić information content (AvgIpc) is 2.70. The zero-order valence-electron chi connectivity index (χ0n) is 15.8. The summed E-state index contributed by atoms with van der Waals surface area (Å²) >= 11 is 0. The third-order valence-electron chi connectivity index (χ3n) is 4.38. The lowest BCUT2D eigenvalue weighted by Gasteiger charge is -2.24. The summed E-state index contributed by atoms with van der Waals surface area (Å²) in [4.78, 5) is 26.3. The van der Waals surface area contributed by atoms with E-state index < -0.39 is 0 Å². The standard InChI is InChI=1S/C23H27NO3/c1-3-16-24(17-15-23(26)27-4-2)22(25)18-21(19-11-7-5-8-12-19)20-13-9-6-10-14-20/h3,5-14,21H,1,4,15-18H2,2H3. The topological polar surface area (TPSA) is 46.6 Å². The summed E-state index contributed by atoms with van der Waals surface area (Å²) in [5, 5.41) is 0. The van der Waals surface area contributed by atoms with Gasteiger partial charge in [-0.2, -0.15) is 0 Å². The largest absolute Gasteiger partial charge is 0.466 e. The smallest absolute Gasteiger partial charge is 0.307 e. The fourth-order valence-corrected chi connectivity index (χ4v) is 3.04. The molecule has 0 radical (unpaired) electrons. The molecular formula is C23H27NO3. The van der Waals surface area contributed by atoms with Crippen LogP contribution in [0, 0.1) is 0 Å². The van der Waals surface area contributed by atoms with Gasteiger partial charge in [0.05, 0.1) is 13.0 Å². The molecule has 27 heavy (non-hydrogen) atoms. The molecule has 0 saturated carbocycles. The number of carbonyl (C=O) groups excluding carboxylic acids is 2. The second-order valence-corrected chi connectivity index (χ2v) is 6.26. The lowest BCUT2D eigenvalue weighted by atomic mass is 9.88. The summed E-state index contributed by atoms with van der Waals surface area (Å²) in [5.41, 5.74) is 2.20. The van der Waals surface area contributed by atoms with E-state index in [0.717, 1.165) is 11.1 Å². The maximum Gasteiger partial charge on any atom is 0.307 e. The van der Waals surface area contributed by atoms with E-state index in [1.54, 1.807) is 17.9 Å². The number of nitrogens with zero attached hydrogens (tertiary/aromatic N) is 1. The highest BCUT2D eigenvalue weighted by Crippen LogP contribution is 2.28. The minimum Gasteiger partial charge on any atom is -0.466 e. The molecule has 2 aromatic carbocycles. The normalized spacial score (nSPS) is 10.4. The second-order valence-electron chi connectivity index (χ2n) is 6.26. The van der Waals surface area contributed by atoms with Crippen molar-refractivity contribution in [3.05, 3.63) is 84.4 Å². The predicted molar refractivity (Wildman–Crippen MR) is 107 cm³/mol. The molecule has 4 heteroatoms. The van der Waals surface area contributed by atoms with Crippen LogP contribution in [-0.2, 0) is 14.3 Å². The molecule has 0 saturated heterocycles. The first-order valence-corrected chi connectivity index (χ1v) is 9.29. The van der Waals surface area contributed by atoms with E-state index in [9.17, 15) is 9.59 Å². The van der Waals surface area contributed by atoms with Gasteiger partial charge in [0.15, 0.2) is 0 Å². The summed E-state index contributed by atoms with van der Waals surface area (Å²) in [5.74, 6) is -0.325. The first-order chi connectivity index (χ1) is 13.2. The van der Waals surface area contributed by atoms with E-state index in [-0.39, 0.29) is 24.2 Å². The Bertz CT molecular complexity index is 688. The quantitative estimate of drug-likeness (QED) is 0.469. The van der Waals surface area contributed by atoms with Gasteiger partial charge in [0.2, 0.25) is 5.91 Å². The summed E-state index contributed by atoms with van der Waals surface area (Å²) < 4.78 is 4.97. The molecule has 0 bridgehead atoms. The van der Waals surface area contributed by atoms with Gasteiger partial charge in [0, 0.05) is 25.4 Å². The number of rotatable bonds is 10. The van der Waals surface area contributed by atoms with Gasteiger partial charge in [0.1, 0.15) is 0 Å². The zero-order valence-corrected chi connectivity index (χ0v) is 15.8. The summed E-state index contributed by atoms with van der Waals surface area (Å²) in [7, 11) is 0. The number of benzene rings is 2. The molecule has 0 fully saturated rings. The molecule has 4 nitrogen and oxygen atoms in total. The minimum atomic E-state index is -0.290. The average molecular weight is 365 g/mol. The predicted octanol–water partition coefficient (Wildman–Crippen LogP) is 4.18. The lowest BCUT2D eigenvalue weighted by Crippen LogP contribution is -2.34. The maximum absolute atomic E-state index is 13.0. The van der Waals surface area contributed by atoms with E-state index in [0.29, 0.717) is 26.1 Å². The Kier molecular flexibility index (Phi) is 8.30. The number of carbonyl (C=O) groups is 2. The van der Waals surface area contributed by atoms with Crippen molar-refractivity contribution in [3.63, 3.8) is 0 Å². The summed E-state index contributed by atoms with van der Waals surface area (Å²) in [6.45, 7) is 6.59. The molecule has 0 aliphatic heterocycles. The van der Waals surface area contributed by atoms with Gasteiger partial charge in [-0.25, -0.2) is 0 Å². The molecule has 2 aromatic rings. The number of esters is 1. The van der Waals surface area contributed by atoms with Crippen molar-refractivity contribution >= 4 is 11.9 Å². The van der Waals surface area contributed by atoms with Crippen LogP contribution in [0.5, 0.6) is 0 Å². The molecule has 0 aliphatic rings. The van der Waals surface area contributed by atoms with Crippen molar-refractivity contribution in [2.45, 2.75) is 25.7 Å². The highest BCUT2D eigenvalue weighted by molar-refractivity contribution is 5.79. The van der Waals surface area contributed by atoms with Gasteiger partial charge in [-0.1, -0.05) is 66.7 Å². The zero-order chi connectivity index (χ0) is 19.5. The Labute approximate surface area is 161 Å². The van der Waals surface area contributed by atoms with Gasteiger partial charge in [0.25, 0.3) is 0 Å². The van der Waals surface area contributed by atoms with Crippen LogP contribution in [0.15, 0.2) is 73.3 Å². The van der Waals surface area contributed by atoms with E-state index in [1.807, 2.05) is 60.7 Å². The van der Waals surface area contributed by atoms with Crippen LogP contribution in [0.3, 0.4) is 0 Å². The minimum absolute atomic E-state index is 0.00287. The molecule has 2 rings (SSSR count). The van der Waals surface area contributed by atoms with Crippen molar-refractivity contribution in [3.8, 4) is 0 Å². The second kappa shape index (κ2) is 11.0. The highest BCUT2D eigenvalue weighted by Gasteiger charge is 2.22. The van der Waals surface area contributed by atoms with Crippen LogP contribution in [-0.4, -0.2) is 36.5 Å². The van der Waals surface area contributed by atoms with E-state index in [2.05, 4.69) is 6.58 Å². The molecule has 0 aromatic heterocycles. The first-order valence-electron chi connectivity index (χ1n) is 9.29. The van der Waals surface area contributed by atoms with Gasteiger partial charge in [-0.15, -0.1) is 6.58 Å². The van der Waals surface area contributed by atoms with Crippen molar-refractivity contribution in [1.82, 2.24) is 4.90 Å². The van der Waals surface area contributed by atoms with Gasteiger partial charge >= 0.3 is 5.97 Å². The van der Waals surface area contributed by atoms with E-state index >= 15 is 0 Å². The van der Waals surface area contributed by atoms with Crippen molar-refractivity contribution < 1.29 is 14.3 Å². The maximum atomic E-state index is 13.0. The summed E-state index contributed by atoms with van der Waals surface area (Å²) in [6, 6.07) is 20.0. The molecule has 0 unspecified atom stereocenters. The number of ether oxygens (including phenoxy) is 1. The van der Waals surface area contributed by atoms with Crippen LogP contribution in [0.2, 0.25) is 0 Å². The van der Waals surface area contributed by atoms with Crippen molar-refractivity contribution in [2.24, 2.45) is 0 Å². The number of hydrogen-bond acceptors (Lipinski definition) is 3. The van der Waals surface area contributed by atoms with E-state index in [4.69, 9.17) is 4.74 Å². The molecule has 0 N–H and O–H groups in total. The van der Waals surface area contributed by atoms with Crippen LogP contribution in [0.1, 0.15) is 36.8 Å². The number of hydrogen-bond donors (Lipinski definition) is 0. The Hall–Kier alpha value is -2.88. The fraction of sp³-hybridized carbons (Fsp3) is 0.304. The molecule has 1 amide bonds. The number of amides is 1. The third-order valence-corrected chi connectivity index (χ3v) is 4.38. The Morgan fingerprint density at radius 2 is 1.59 bits per heavy atom. The van der Waals surface area contributed by atoms with Crippen LogP contribution < -0.4 is 0 Å². The molecule has 142 valence electrons. The van der Waals surface area contributed by atoms with Crippen LogP contribution in [0.25, 0.3) is 0 Å². The first kappa shape index (κ1) is 20.4. The van der Waals surface area contributed by atoms with Crippen LogP contribution in [0.4, 0.5) is 0 Å². The monoisotopic (exact) mass is 365 g/mol. The Balaban J connectivity index is 2.15.